The van der Waals surface area contributed by atoms with Gasteiger partial charge in [0, 0.05) is 6.04 Å². The Morgan fingerprint density at radius 1 is 1.64 bits per heavy atom. The first-order valence-corrected chi connectivity index (χ1v) is 4.00. The first-order valence-electron chi connectivity index (χ1n) is 3.62. The van der Waals surface area contributed by atoms with E-state index < -0.39 is 0 Å². The number of halogens is 1. The molecule has 0 aromatic carbocycles. The van der Waals surface area contributed by atoms with Crippen LogP contribution in [0.2, 0.25) is 5.15 Å². The molecule has 1 aromatic rings. The lowest BCUT2D eigenvalue weighted by Crippen LogP contribution is -2.10. The molecular formula is C8H11ClN2. The molecule has 0 spiro atoms. The second kappa shape index (κ2) is 3.69. The molecule has 1 heterocycles. The molecule has 0 aliphatic rings. The number of aromatic nitrogens is 1. The molecule has 0 radical (unpaired) electrons. The van der Waals surface area contributed by atoms with Crippen molar-refractivity contribution in [2.24, 2.45) is 5.73 Å². The van der Waals surface area contributed by atoms with E-state index in [2.05, 4.69) is 4.98 Å². The van der Waals surface area contributed by atoms with Gasteiger partial charge in [0.25, 0.3) is 0 Å². The Morgan fingerprint density at radius 3 is 2.91 bits per heavy atom. The molecule has 1 aromatic heterocycles. The van der Waals surface area contributed by atoms with E-state index in [0.29, 0.717) is 5.15 Å². The summed E-state index contributed by atoms with van der Waals surface area (Å²) in [6, 6.07) is 5.50. The van der Waals surface area contributed by atoms with Gasteiger partial charge >= 0.3 is 0 Å². The van der Waals surface area contributed by atoms with E-state index in [4.69, 9.17) is 17.3 Å². The highest BCUT2D eigenvalue weighted by molar-refractivity contribution is 6.29. The van der Waals surface area contributed by atoms with Gasteiger partial charge in [0.1, 0.15) is 5.15 Å². The highest BCUT2D eigenvalue weighted by Crippen LogP contribution is 2.13. The lowest BCUT2D eigenvalue weighted by Gasteiger charge is -2.06. The van der Waals surface area contributed by atoms with Crippen molar-refractivity contribution in [1.82, 2.24) is 4.98 Å². The zero-order chi connectivity index (χ0) is 8.27. The Morgan fingerprint density at radius 2 is 2.36 bits per heavy atom. The standard InChI is InChI=1S/C8H11ClN2/c1-2-6(10)7-4-3-5-8(9)11-7/h3-6H,2,10H2,1H3. The molecule has 0 saturated carbocycles. The molecule has 2 nitrogen and oxygen atoms in total. The van der Waals surface area contributed by atoms with Crippen LogP contribution in [-0.4, -0.2) is 4.98 Å². The van der Waals surface area contributed by atoms with E-state index in [1.165, 1.54) is 0 Å². The molecular weight excluding hydrogens is 160 g/mol. The van der Waals surface area contributed by atoms with E-state index in [0.717, 1.165) is 12.1 Å². The minimum absolute atomic E-state index is 0.00806. The summed E-state index contributed by atoms with van der Waals surface area (Å²) >= 11 is 5.68. The third kappa shape index (κ3) is 2.17. The maximum absolute atomic E-state index is 5.74. The summed E-state index contributed by atoms with van der Waals surface area (Å²) in [6.45, 7) is 2.02. The number of rotatable bonds is 2. The van der Waals surface area contributed by atoms with Gasteiger partial charge in [-0.2, -0.15) is 0 Å². The van der Waals surface area contributed by atoms with E-state index in [-0.39, 0.29) is 6.04 Å². The van der Waals surface area contributed by atoms with Crippen molar-refractivity contribution in [2.75, 3.05) is 0 Å². The average molecular weight is 171 g/mol. The van der Waals surface area contributed by atoms with Gasteiger partial charge in [0.15, 0.2) is 0 Å². The smallest absolute Gasteiger partial charge is 0.129 e. The maximum Gasteiger partial charge on any atom is 0.129 e. The van der Waals surface area contributed by atoms with Crippen LogP contribution in [0.4, 0.5) is 0 Å². The first kappa shape index (κ1) is 8.50. The van der Waals surface area contributed by atoms with Crippen LogP contribution < -0.4 is 5.73 Å². The summed E-state index contributed by atoms with van der Waals surface area (Å²) in [5.74, 6) is 0. The molecule has 60 valence electrons. The predicted molar refractivity (Wildman–Crippen MR) is 46.5 cm³/mol. The van der Waals surface area contributed by atoms with Gasteiger partial charge in [-0.05, 0) is 18.6 Å². The quantitative estimate of drug-likeness (QED) is 0.691. The van der Waals surface area contributed by atoms with Gasteiger partial charge < -0.3 is 5.73 Å². The largest absolute Gasteiger partial charge is 0.323 e. The topological polar surface area (TPSA) is 38.9 Å². The van der Waals surface area contributed by atoms with Gasteiger partial charge in [-0.15, -0.1) is 0 Å². The zero-order valence-corrected chi connectivity index (χ0v) is 7.17. The number of hydrogen-bond acceptors (Lipinski definition) is 2. The fourth-order valence-corrected chi connectivity index (χ4v) is 1.01. The van der Waals surface area contributed by atoms with E-state index in [9.17, 15) is 0 Å². The molecule has 0 saturated heterocycles. The minimum Gasteiger partial charge on any atom is -0.323 e. The fraction of sp³-hybridized carbons (Fsp3) is 0.375. The Balaban J connectivity index is 2.86. The van der Waals surface area contributed by atoms with Crippen LogP contribution in [-0.2, 0) is 0 Å². The average Bonchev–Trinajstić information content (AvgIpc) is 2.03. The van der Waals surface area contributed by atoms with Crippen LogP contribution in [0.25, 0.3) is 0 Å². The monoisotopic (exact) mass is 170 g/mol. The molecule has 0 aliphatic heterocycles. The highest BCUT2D eigenvalue weighted by atomic mass is 35.5. The maximum atomic E-state index is 5.74. The van der Waals surface area contributed by atoms with Crippen LogP contribution in [0.5, 0.6) is 0 Å². The molecule has 11 heavy (non-hydrogen) atoms. The molecule has 0 bridgehead atoms. The molecule has 2 N–H and O–H groups in total. The Kier molecular flexibility index (Phi) is 2.85. The fourth-order valence-electron chi connectivity index (χ4n) is 0.840. The second-order valence-electron chi connectivity index (χ2n) is 2.40. The van der Waals surface area contributed by atoms with Crippen LogP contribution in [0, 0.1) is 0 Å². The summed E-state index contributed by atoms with van der Waals surface area (Å²) in [6.07, 6.45) is 0.882. The number of nitrogens with two attached hydrogens (primary N) is 1. The van der Waals surface area contributed by atoms with Crippen LogP contribution in [0.15, 0.2) is 18.2 Å². The lowest BCUT2D eigenvalue weighted by molar-refractivity contribution is 0.676. The van der Waals surface area contributed by atoms with Crippen molar-refractivity contribution in [1.29, 1.82) is 0 Å². The van der Waals surface area contributed by atoms with Crippen molar-refractivity contribution in [3.63, 3.8) is 0 Å². The SMILES string of the molecule is CCC(N)c1cccc(Cl)n1. The van der Waals surface area contributed by atoms with E-state index in [1.807, 2.05) is 19.1 Å². The van der Waals surface area contributed by atoms with Crippen LogP contribution in [0.1, 0.15) is 25.1 Å². The van der Waals surface area contributed by atoms with Crippen molar-refractivity contribution in [3.05, 3.63) is 29.0 Å². The van der Waals surface area contributed by atoms with E-state index in [1.54, 1.807) is 6.07 Å². The summed E-state index contributed by atoms with van der Waals surface area (Å²) in [7, 11) is 0. The molecule has 1 unspecified atom stereocenters. The van der Waals surface area contributed by atoms with Crippen molar-refractivity contribution < 1.29 is 0 Å². The first-order chi connectivity index (χ1) is 5.24. The zero-order valence-electron chi connectivity index (χ0n) is 6.42. The summed E-state index contributed by atoms with van der Waals surface area (Å²) < 4.78 is 0. The Labute approximate surface area is 71.4 Å². The van der Waals surface area contributed by atoms with Gasteiger partial charge in [0.2, 0.25) is 0 Å². The Bertz CT molecular complexity index is 237. The van der Waals surface area contributed by atoms with E-state index >= 15 is 0 Å². The second-order valence-corrected chi connectivity index (χ2v) is 2.79. The summed E-state index contributed by atoms with van der Waals surface area (Å²) in [4.78, 5) is 4.08. The third-order valence-electron chi connectivity index (χ3n) is 1.56. The molecule has 0 amide bonds. The van der Waals surface area contributed by atoms with Crippen molar-refractivity contribution in [2.45, 2.75) is 19.4 Å². The molecule has 3 heteroatoms. The normalized spacial score (nSPS) is 13.0. The van der Waals surface area contributed by atoms with Crippen LogP contribution >= 0.6 is 11.6 Å². The van der Waals surface area contributed by atoms with Gasteiger partial charge in [-0.25, -0.2) is 4.98 Å². The third-order valence-corrected chi connectivity index (χ3v) is 1.77. The van der Waals surface area contributed by atoms with Crippen LogP contribution in [0.3, 0.4) is 0 Å². The van der Waals surface area contributed by atoms with Gasteiger partial charge in [-0.3, -0.25) is 0 Å². The molecule has 0 fully saturated rings. The predicted octanol–water partition coefficient (Wildman–Crippen LogP) is 2.14. The van der Waals surface area contributed by atoms with Gasteiger partial charge in [0.05, 0.1) is 5.69 Å². The molecule has 1 atom stereocenters. The lowest BCUT2D eigenvalue weighted by atomic mass is 10.1. The molecule has 0 aliphatic carbocycles. The summed E-state index contributed by atoms with van der Waals surface area (Å²) in [5, 5.41) is 0.506. The number of hydrogen-bond donors (Lipinski definition) is 1. The number of pyridine rings is 1. The molecule has 1 rings (SSSR count). The van der Waals surface area contributed by atoms with Crippen molar-refractivity contribution in [3.8, 4) is 0 Å². The number of nitrogens with zero attached hydrogens (tertiary/aromatic N) is 1. The Hall–Kier alpha value is -0.600. The van der Waals surface area contributed by atoms with Gasteiger partial charge in [-0.1, -0.05) is 24.6 Å². The highest BCUT2D eigenvalue weighted by Gasteiger charge is 2.03. The minimum atomic E-state index is 0.00806. The summed E-state index contributed by atoms with van der Waals surface area (Å²) in [5.41, 5.74) is 6.60. The van der Waals surface area contributed by atoms with Crippen molar-refractivity contribution >= 4 is 11.6 Å².